The molecule has 4 heteroatoms. The summed E-state index contributed by atoms with van der Waals surface area (Å²) < 4.78 is 0. The lowest BCUT2D eigenvalue weighted by Gasteiger charge is -2.07. The Morgan fingerprint density at radius 2 is 1.09 bits per heavy atom. The van der Waals surface area contributed by atoms with Crippen molar-refractivity contribution in [2.45, 2.75) is 96.2 Å². The predicted molar refractivity (Wildman–Crippen MR) is 99.4 cm³/mol. The molecule has 0 aliphatic heterocycles. The average Bonchev–Trinajstić information content (AvgIpc) is 2.57. The first-order valence-electron chi connectivity index (χ1n) is 9.43. The van der Waals surface area contributed by atoms with E-state index in [9.17, 15) is 10.2 Å². The van der Waals surface area contributed by atoms with Crippen molar-refractivity contribution in [1.82, 2.24) is 0 Å². The molecule has 2 unspecified atom stereocenters. The maximum absolute atomic E-state index is 9.73. The van der Waals surface area contributed by atoms with Gasteiger partial charge in [0.1, 0.15) is 0 Å². The summed E-state index contributed by atoms with van der Waals surface area (Å²) >= 11 is 0. The smallest absolute Gasteiger partial charge is 0.0743 e. The molecule has 0 saturated heterocycles. The van der Waals surface area contributed by atoms with Crippen LogP contribution in [0.25, 0.3) is 0 Å². The van der Waals surface area contributed by atoms with Crippen LogP contribution in [0.2, 0.25) is 0 Å². The molecule has 0 fully saturated rings. The van der Waals surface area contributed by atoms with E-state index >= 15 is 0 Å². The summed E-state index contributed by atoms with van der Waals surface area (Å²) in [6, 6.07) is 0. The van der Waals surface area contributed by atoms with Crippen LogP contribution >= 0.6 is 0 Å². The Balaban J connectivity index is 0. The van der Waals surface area contributed by atoms with Gasteiger partial charge < -0.3 is 21.1 Å². The molecule has 0 bridgehead atoms. The molecular weight excluding hydrogens is 290 g/mol. The molecule has 4 nitrogen and oxygen atoms in total. The summed E-state index contributed by atoms with van der Waals surface area (Å²) in [5, 5.41) is 27.8. The SMILES string of the molecule is CCCCCCCCCCCCC(O)/C=C/C(O)CCO.CN. The first-order chi connectivity index (χ1) is 11.2. The first-order valence-corrected chi connectivity index (χ1v) is 9.43. The fourth-order valence-corrected chi connectivity index (χ4v) is 2.42. The zero-order valence-electron chi connectivity index (χ0n) is 15.4. The van der Waals surface area contributed by atoms with Gasteiger partial charge in [0.05, 0.1) is 12.2 Å². The van der Waals surface area contributed by atoms with Gasteiger partial charge in [0.25, 0.3) is 0 Å². The zero-order valence-corrected chi connectivity index (χ0v) is 15.4. The second-order valence-electron chi connectivity index (χ2n) is 6.00. The number of aliphatic hydroxyl groups is 3. The minimum atomic E-state index is -0.641. The summed E-state index contributed by atoms with van der Waals surface area (Å²) in [5.41, 5.74) is 4.50. The highest BCUT2D eigenvalue weighted by atomic mass is 16.3. The van der Waals surface area contributed by atoms with E-state index < -0.39 is 12.2 Å². The van der Waals surface area contributed by atoms with Crippen LogP contribution in [0.3, 0.4) is 0 Å². The average molecular weight is 332 g/mol. The molecular formula is C19H41NO3. The second kappa shape index (κ2) is 21.6. The van der Waals surface area contributed by atoms with Gasteiger partial charge in [-0.2, -0.15) is 0 Å². The van der Waals surface area contributed by atoms with Crippen molar-refractivity contribution < 1.29 is 15.3 Å². The highest BCUT2D eigenvalue weighted by Crippen LogP contribution is 2.12. The third-order valence-corrected chi connectivity index (χ3v) is 3.83. The molecule has 0 rings (SSSR count). The zero-order chi connectivity index (χ0) is 17.8. The Kier molecular flexibility index (Phi) is 23.3. The maximum Gasteiger partial charge on any atom is 0.0743 e. The molecule has 0 aromatic rings. The van der Waals surface area contributed by atoms with Crippen molar-refractivity contribution in [3.63, 3.8) is 0 Å². The van der Waals surface area contributed by atoms with E-state index in [2.05, 4.69) is 12.7 Å². The fourth-order valence-electron chi connectivity index (χ4n) is 2.42. The Hall–Kier alpha value is -0.420. The Morgan fingerprint density at radius 3 is 1.52 bits per heavy atom. The van der Waals surface area contributed by atoms with E-state index in [1.165, 1.54) is 64.8 Å². The standard InChI is InChI=1S/C18H36O3.CH5N/c1-2-3-4-5-6-7-8-9-10-11-12-17(20)13-14-18(21)15-16-19;1-2/h13-14,17-21H,2-12,15-16H2,1H3;2H2,1H3/b14-13+;. The minimum absolute atomic E-state index is 0.0277. The Labute approximate surface area is 143 Å². The van der Waals surface area contributed by atoms with Crippen molar-refractivity contribution in [1.29, 1.82) is 0 Å². The van der Waals surface area contributed by atoms with Crippen molar-refractivity contribution >= 4 is 0 Å². The second-order valence-corrected chi connectivity index (χ2v) is 6.00. The largest absolute Gasteiger partial charge is 0.396 e. The van der Waals surface area contributed by atoms with Gasteiger partial charge in [-0.1, -0.05) is 83.3 Å². The number of nitrogens with two attached hydrogens (primary N) is 1. The fraction of sp³-hybridized carbons (Fsp3) is 0.895. The number of aliphatic hydroxyl groups excluding tert-OH is 3. The molecule has 140 valence electrons. The summed E-state index contributed by atoms with van der Waals surface area (Å²) in [6.07, 6.45) is 16.2. The first kappa shape index (κ1) is 24.8. The van der Waals surface area contributed by atoms with Gasteiger partial charge in [-0.05, 0) is 19.9 Å². The van der Waals surface area contributed by atoms with Gasteiger partial charge >= 0.3 is 0 Å². The van der Waals surface area contributed by atoms with E-state index in [0.717, 1.165) is 12.8 Å². The Bertz CT molecular complexity index is 235. The predicted octanol–water partition coefficient (Wildman–Crippen LogP) is 3.53. The van der Waals surface area contributed by atoms with Crippen molar-refractivity contribution in [3.05, 3.63) is 12.2 Å². The van der Waals surface area contributed by atoms with E-state index in [-0.39, 0.29) is 6.61 Å². The van der Waals surface area contributed by atoms with Crippen LogP contribution in [-0.4, -0.2) is 41.2 Å². The van der Waals surface area contributed by atoms with Gasteiger partial charge in [0.2, 0.25) is 0 Å². The minimum Gasteiger partial charge on any atom is -0.396 e. The third kappa shape index (κ3) is 21.6. The molecule has 0 saturated carbocycles. The normalized spacial score (nSPS) is 13.7. The van der Waals surface area contributed by atoms with Crippen LogP contribution < -0.4 is 5.73 Å². The van der Waals surface area contributed by atoms with Crippen LogP contribution in [0.5, 0.6) is 0 Å². The summed E-state index contributed by atoms with van der Waals surface area (Å²) in [6.45, 7) is 2.22. The Morgan fingerprint density at radius 1 is 0.696 bits per heavy atom. The highest BCUT2D eigenvalue weighted by molar-refractivity contribution is 4.93. The van der Waals surface area contributed by atoms with Gasteiger partial charge in [-0.25, -0.2) is 0 Å². The van der Waals surface area contributed by atoms with Crippen molar-refractivity contribution in [3.8, 4) is 0 Å². The third-order valence-electron chi connectivity index (χ3n) is 3.83. The van der Waals surface area contributed by atoms with Crippen LogP contribution in [0.15, 0.2) is 12.2 Å². The topological polar surface area (TPSA) is 86.7 Å². The van der Waals surface area contributed by atoms with Crippen molar-refractivity contribution in [2.24, 2.45) is 5.73 Å². The molecule has 0 radical (unpaired) electrons. The molecule has 23 heavy (non-hydrogen) atoms. The molecule has 2 atom stereocenters. The number of hydrogen-bond acceptors (Lipinski definition) is 4. The number of unbranched alkanes of at least 4 members (excludes halogenated alkanes) is 9. The quantitative estimate of drug-likeness (QED) is 0.273. The van der Waals surface area contributed by atoms with Gasteiger partial charge in [-0.3, -0.25) is 0 Å². The lowest BCUT2D eigenvalue weighted by molar-refractivity contribution is 0.165. The lowest BCUT2D eigenvalue weighted by atomic mass is 10.0. The van der Waals surface area contributed by atoms with Gasteiger partial charge in [0, 0.05) is 6.61 Å². The summed E-state index contributed by atoms with van der Waals surface area (Å²) in [7, 11) is 1.50. The number of hydrogen-bond donors (Lipinski definition) is 4. The molecule has 5 N–H and O–H groups in total. The molecule has 0 spiro atoms. The molecule has 0 heterocycles. The molecule has 0 aromatic heterocycles. The highest BCUT2D eigenvalue weighted by Gasteiger charge is 2.02. The molecule has 0 aliphatic rings. The van der Waals surface area contributed by atoms with Gasteiger partial charge in [-0.15, -0.1) is 0 Å². The van der Waals surface area contributed by atoms with Crippen LogP contribution in [-0.2, 0) is 0 Å². The molecule has 0 aliphatic carbocycles. The van der Waals surface area contributed by atoms with E-state index in [4.69, 9.17) is 5.11 Å². The molecule has 0 aromatic carbocycles. The molecule has 0 amide bonds. The maximum atomic E-state index is 9.73. The van der Waals surface area contributed by atoms with Gasteiger partial charge in [0.15, 0.2) is 0 Å². The lowest BCUT2D eigenvalue weighted by Crippen LogP contribution is -2.08. The monoisotopic (exact) mass is 331 g/mol. The van der Waals surface area contributed by atoms with Crippen LogP contribution in [0.1, 0.15) is 84.0 Å². The van der Waals surface area contributed by atoms with E-state index in [0.29, 0.717) is 6.42 Å². The van der Waals surface area contributed by atoms with Crippen molar-refractivity contribution in [2.75, 3.05) is 13.7 Å². The van der Waals surface area contributed by atoms with E-state index in [1.807, 2.05) is 0 Å². The van der Waals surface area contributed by atoms with E-state index in [1.54, 1.807) is 12.2 Å². The van der Waals surface area contributed by atoms with Crippen LogP contribution in [0.4, 0.5) is 0 Å². The summed E-state index contributed by atoms with van der Waals surface area (Å²) in [4.78, 5) is 0. The van der Waals surface area contributed by atoms with Crippen LogP contribution in [0, 0.1) is 0 Å². The summed E-state index contributed by atoms with van der Waals surface area (Å²) in [5.74, 6) is 0. The number of rotatable bonds is 15.